The van der Waals surface area contributed by atoms with Gasteiger partial charge < -0.3 is 14.8 Å². The normalized spacial score (nSPS) is 10.8. The van der Waals surface area contributed by atoms with E-state index in [2.05, 4.69) is 10.3 Å². The summed E-state index contributed by atoms with van der Waals surface area (Å²) in [6, 6.07) is 3.54. The van der Waals surface area contributed by atoms with Crippen LogP contribution >= 0.6 is 0 Å². The third-order valence-corrected chi connectivity index (χ3v) is 2.75. The van der Waals surface area contributed by atoms with E-state index in [9.17, 15) is 4.79 Å². The summed E-state index contributed by atoms with van der Waals surface area (Å²) in [7, 11) is 0. The van der Waals surface area contributed by atoms with Crippen LogP contribution < -0.4 is 5.32 Å². The molecule has 0 spiro atoms. The Kier molecular flexibility index (Phi) is 3.10. The number of amides is 1. The first-order valence-corrected chi connectivity index (χ1v) is 5.48. The van der Waals surface area contributed by atoms with Crippen LogP contribution in [0.1, 0.15) is 21.7 Å². The minimum atomic E-state index is -0.188. The number of aliphatic hydroxyl groups excluding tert-OH is 1. The van der Waals surface area contributed by atoms with Gasteiger partial charge in [-0.05, 0) is 26.0 Å². The van der Waals surface area contributed by atoms with E-state index in [1.807, 2.05) is 24.3 Å². The summed E-state index contributed by atoms with van der Waals surface area (Å²) in [6.07, 6.45) is 1.76. The lowest BCUT2D eigenvalue weighted by molar-refractivity contribution is 0.0944. The van der Waals surface area contributed by atoms with Crippen molar-refractivity contribution in [1.82, 2.24) is 14.7 Å². The van der Waals surface area contributed by atoms with Gasteiger partial charge in [-0.3, -0.25) is 4.79 Å². The molecule has 0 saturated carbocycles. The molecule has 5 heteroatoms. The summed E-state index contributed by atoms with van der Waals surface area (Å²) in [5, 5.41) is 11.3. The van der Waals surface area contributed by atoms with Crippen LogP contribution in [-0.2, 0) is 0 Å². The topological polar surface area (TPSA) is 66.6 Å². The van der Waals surface area contributed by atoms with Crippen LogP contribution in [0, 0.1) is 13.8 Å². The summed E-state index contributed by atoms with van der Waals surface area (Å²) in [4.78, 5) is 16.1. The van der Waals surface area contributed by atoms with Gasteiger partial charge in [0.1, 0.15) is 5.65 Å². The highest BCUT2D eigenvalue weighted by Gasteiger charge is 2.09. The molecule has 0 aromatic carbocycles. The molecule has 0 unspecified atom stereocenters. The van der Waals surface area contributed by atoms with Crippen LogP contribution in [0.4, 0.5) is 0 Å². The molecule has 2 aromatic rings. The molecule has 2 rings (SSSR count). The highest BCUT2D eigenvalue weighted by molar-refractivity contribution is 5.94. The number of aliphatic hydroxyl groups is 1. The molecule has 90 valence electrons. The average Bonchev–Trinajstić information content (AvgIpc) is 2.62. The molecule has 1 amide bonds. The molecule has 0 aliphatic rings. The van der Waals surface area contributed by atoms with E-state index >= 15 is 0 Å². The number of hydrogen-bond donors (Lipinski definition) is 2. The van der Waals surface area contributed by atoms with Crippen LogP contribution in [-0.4, -0.2) is 33.6 Å². The summed E-state index contributed by atoms with van der Waals surface area (Å²) in [6.45, 7) is 4.11. The van der Waals surface area contributed by atoms with Crippen LogP contribution in [0.25, 0.3) is 5.65 Å². The predicted octanol–water partition coefficient (Wildman–Crippen LogP) is 0.673. The lowest BCUT2D eigenvalue weighted by atomic mass is 10.2. The van der Waals surface area contributed by atoms with Gasteiger partial charge in [0.25, 0.3) is 5.91 Å². The first-order chi connectivity index (χ1) is 8.13. The second kappa shape index (κ2) is 4.55. The number of pyridine rings is 1. The van der Waals surface area contributed by atoms with Crippen molar-refractivity contribution in [2.45, 2.75) is 13.8 Å². The zero-order valence-electron chi connectivity index (χ0n) is 9.90. The van der Waals surface area contributed by atoms with Crippen molar-refractivity contribution in [1.29, 1.82) is 0 Å². The van der Waals surface area contributed by atoms with E-state index in [1.165, 1.54) is 0 Å². The number of fused-ring (bicyclic) bond motifs is 1. The minimum absolute atomic E-state index is 0.0583. The number of rotatable bonds is 3. The number of aromatic nitrogens is 2. The Morgan fingerprint density at radius 3 is 2.94 bits per heavy atom. The van der Waals surface area contributed by atoms with Crippen molar-refractivity contribution < 1.29 is 9.90 Å². The number of hydrogen-bond acceptors (Lipinski definition) is 3. The van der Waals surface area contributed by atoms with Gasteiger partial charge in [-0.2, -0.15) is 0 Å². The largest absolute Gasteiger partial charge is 0.395 e. The fraction of sp³-hybridized carbons (Fsp3) is 0.333. The standard InChI is InChI=1S/C12H15N3O2/c1-8-9(2)15-7-10(3-4-11(15)14-8)12(17)13-5-6-16/h3-4,7,16H,5-6H2,1-2H3,(H,13,17). The monoisotopic (exact) mass is 233 g/mol. The molecule has 2 N–H and O–H groups in total. The summed E-state index contributed by atoms with van der Waals surface area (Å²) < 4.78 is 1.89. The zero-order valence-corrected chi connectivity index (χ0v) is 9.90. The lowest BCUT2D eigenvalue weighted by Crippen LogP contribution is -2.26. The molecule has 17 heavy (non-hydrogen) atoms. The molecule has 0 aliphatic carbocycles. The van der Waals surface area contributed by atoms with Gasteiger partial charge in [-0.1, -0.05) is 0 Å². The molecule has 0 atom stereocenters. The molecule has 2 heterocycles. The van der Waals surface area contributed by atoms with E-state index in [1.54, 1.807) is 12.3 Å². The molecule has 0 bridgehead atoms. The predicted molar refractivity (Wildman–Crippen MR) is 64.1 cm³/mol. The minimum Gasteiger partial charge on any atom is -0.395 e. The van der Waals surface area contributed by atoms with Crippen molar-refractivity contribution in [2.24, 2.45) is 0 Å². The van der Waals surface area contributed by atoms with Gasteiger partial charge in [0, 0.05) is 18.4 Å². The van der Waals surface area contributed by atoms with Gasteiger partial charge in [-0.25, -0.2) is 4.98 Å². The van der Waals surface area contributed by atoms with Gasteiger partial charge in [0.05, 0.1) is 17.9 Å². The fourth-order valence-electron chi connectivity index (χ4n) is 1.69. The van der Waals surface area contributed by atoms with Crippen molar-refractivity contribution >= 4 is 11.6 Å². The molecular weight excluding hydrogens is 218 g/mol. The maximum Gasteiger partial charge on any atom is 0.252 e. The van der Waals surface area contributed by atoms with Crippen molar-refractivity contribution in [3.05, 3.63) is 35.3 Å². The summed E-state index contributed by atoms with van der Waals surface area (Å²) >= 11 is 0. The Balaban J connectivity index is 2.37. The Hall–Kier alpha value is -1.88. The van der Waals surface area contributed by atoms with Crippen LogP contribution in [0.5, 0.6) is 0 Å². The number of nitrogens with one attached hydrogen (secondary N) is 1. The van der Waals surface area contributed by atoms with Crippen LogP contribution in [0.3, 0.4) is 0 Å². The number of imidazole rings is 1. The first kappa shape index (κ1) is 11.6. The maximum absolute atomic E-state index is 11.7. The number of carbonyl (C=O) groups excluding carboxylic acids is 1. The zero-order chi connectivity index (χ0) is 12.4. The average molecular weight is 233 g/mol. The van der Waals surface area contributed by atoms with Gasteiger partial charge in [0.15, 0.2) is 0 Å². The Morgan fingerprint density at radius 2 is 2.24 bits per heavy atom. The quantitative estimate of drug-likeness (QED) is 0.819. The second-order valence-electron chi connectivity index (χ2n) is 3.91. The lowest BCUT2D eigenvalue weighted by Gasteiger charge is -2.04. The Bertz CT molecular complexity index is 560. The second-order valence-corrected chi connectivity index (χ2v) is 3.91. The molecule has 0 fully saturated rings. The van der Waals surface area contributed by atoms with Gasteiger partial charge in [-0.15, -0.1) is 0 Å². The Morgan fingerprint density at radius 1 is 1.47 bits per heavy atom. The SMILES string of the molecule is Cc1nc2ccc(C(=O)NCCO)cn2c1C. The van der Waals surface area contributed by atoms with E-state index in [0.717, 1.165) is 17.0 Å². The third kappa shape index (κ3) is 2.14. The van der Waals surface area contributed by atoms with Gasteiger partial charge in [0.2, 0.25) is 0 Å². The molecule has 0 radical (unpaired) electrons. The molecule has 0 aliphatic heterocycles. The number of aryl methyl sites for hydroxylation is 2. The van der Waals surface area contributed by atoms with E-state index in [0.29, 0.717) is 5.56 Å². The van der Waals surface area contributed by atoms with E-state index in [4.69, 9.17) is 5.11 Å². The third-order valence-electron chi connectivity index (χ3n) is 2.75. The molecular formula is C12H15N3O2. The maximum atomic E-state index is 11.7. The fourth-order valence-corrected chi connectivity index (χ4v) is 1.69. The van der Waals surface area contributed by atoms with Crippen molar-refractivity contribution in [3.8, 4) is 0 Å². The Labute approximate surface area is 99.1 Å². The summed E-state index contributed by atoms with van der Waals surface area (Å²) in [5.41, 5.74) is 3.37. The van der Waals surface area contributed by atoms with E-state index in [-0.39, 0.29) is 19.1 Å². The molecule has 0 saturated heterocycles. The molecule has 2 aromatic heterocycles. The van der Waals surface area contributed by atoms with E-state index < -0.39 is 0 Å². The molecule has 5 nitrogen and oxygen atoms in total. The first-order valence-electron chi connectivity index (χ1n) is 5.48. The number of nitrogens with zero attached hydrogens (tertiary/aromatic N) is 2. The smallest absolute Gasteiger partial charge is 0.252 e. The highest BCUT2D eigenvalue weighted by atomic mass is 16.3. The van der Waals surface area contributed by atoms with Gasteiger partial charge >= 0.3 is 0 Å². The van der Waals surface area contributed by atoms with Crippen LogP contribution in [0.15, 0.2) is 18.3 Å². The van der Waals surface area contributed by atoms with Crippen molar-refractivity contribution in [3.63, 3.8) is 0 Å². The number of carbonyl (C=O) groups is 1. The van der Waals surface area contributed by atoms with Crippen LogP contribution in [0.2, 0.25) is 0 Å². The van der Waals surface area contributed by atoms with Crippen molar-refractivity contribution in [2.75, 3.05) is 13.2 Å². The highest BCUT2D eigenvalue weighted by Crippen LogP contribution is 2.12. The summed E-state index contributed by atoms with van der Waals surface area (Å²) in [5.74, 6) is -0.188.